The molecular weight excluding hydrogens is 528 g/mol. The molecule has 6 nitrogen and oxygen atoms in total. The number of rotatable bonds is 8. The molecule has 1 N–H and O–H groups in total. The van der Waals surface area contributed by atoms with E-state index in [9.17, 15) is 13.2 Å². The van der Waals surface area contributed by atoms with Crippen molar-refractivity contribution in [2.24, 2.45) is 0 Å². The van der Waals surface area contributed by atoms with E-state index in [-0.39, 0.29) is 23.4 Å². The van der Waals surface area contributed by atoms with E-state index in [0.29, 0.717) is 15.9 Å². The molecule has 1 atom stereocenters. The van der Waals surface area contributed by atoms with Crippen molar-refractivity contribution in [3.63, 3.8) is 0 Å². The van der Waals surface area contributed by atoms with Gasteiger partial charge in [-0.25, -0.2) is 8.42 Å². The lowest BCUT2D eigenvalue weighted by Gasteiger charge is -2.25. The highest BCUT2D eigenvalue weighted by Crippen LogP contribution is 2.31. The average molecular weight is 558 g/mol. The van der Waals surface area contributed by atoms with Crippen molar-refractivity contribution in [1.29, 1.82) is 0 Å². The molecule has 0 heterocycles. The van der Waals surface area contributed by atoms with E-state index in [4.69, 9.17) is 4.74 Å². The van der Waals surface area contributed by atoms with Crippen molar-refractivity contribution in [1.82, 2.24) is 5.32 Å². The van der Waals surface area contributed by atoms with E-state index < -0.39 is 10.0 Å². The van der Waals surface area contributed by atoms with E-state index in [1.54, 1.807) is 18.2 Å². The Morgan fingerprint density at radius 1 is 1.06 bits per heavy atom. The summed E-state index contributed by atoms with van der Waals surface area (Å²) in [5, 5.41) is 2.98. The zero-order valence-corrected chi connectivity index (χ0v) is 22.4. The average Bonchev–Trinajstić information content (AvgIpc) is 3.31. The van der Waals surface area contributed by atoms with Crippen molar-refractivity contribution in [2.75, 3.05) is 18.0 Å². The van der Waals surface area contributed by atoms with E-state index in [2.05, 4.69) is 33.4 Å². The molecule has 0 bridgehead atoms. The van der Waals surface area contributed by atoms with Gasteiger partial charge >= 0.3 is 0 Å². The lowest BCUT2D eigenvalue weighted by atomic mass is 10.0. The fourth-order valence-corrected chi connectivity index (χ4v) is 6.46. The maximum absolute atomic E-state index is 13.7. The summed E-state index contributed by atoms with van der Waals surface area (Å²) in [6.45, 7) is 3.50. The van der Waals surface area contributed by atoms with Crippen LogP contribution in [-0.2, 0) is 27.7 Å². The molecule has 0 saturated heterocycles. The third-order valence-electron chi connectivity index (χ3n) is 6.32. The third kappa shape index (κ3) is 5.54. The normalized spacial score (nSPS) is 13.7. The van der Waals surface area contributed by atoms with Crippen LogP contribution in [0.1, 0.15) is 41.6 Å². The number of hydrogen-bond donors (Lipinski definition) is 1. The van der Waals surface area contributed by atoms with Gasteiger partial charge in [0, 0.05) is 0 Å². The molecule has 0 unspecified atom stereocenters. The number of nitrogens with zero attached hydrogens (tertiary/aromatic N) is 1. The minimum atomic E-state index is -4.03. The van der Waals surface area contributed by atoms with Crippen LogP contribution in [-0.4, -0.2) is 28.0 Å². The van der Waals surface area contributed by atoms with Gasteiger partial charge in [-0.15, -0.1) is 0 Å². The SMILES string of the molecule is COc1ccc(S(=O)(=O)N(CC(=O)N[C@@H](C)c2ccc3c(c2)CCC3)c2ccc(C)cc2)cc1Br. The molecule has 1 aliphatic rings. The van der Waals surface area contributed by atoms with Crippen molar-refractivity contribution < 1.29 is 17.9 Å². The number of fused-ring (bicyclic) bond motifs is 1. The number of hydrogen-bond acceptors (Lipinski definition) is 4. The second-order valence-corrected chi connectivity index (χ2v) is 11.5. The second-order valence-electron chi connectivity index (χ2n) is 8.81. The first-order chi connectivity index (χ1) is 16.7. The fourth-order valence-electron chi connectivity index (χ4n) is 4.32. The monoisotopic (exact) mass is 556 g/mol. The first-order valence-corrected chi connectivity index (χ1v) is 13.8. The van der Waals surface area contributed by atoms with Gasteiger partial charge in [-0.2, -0.15) is 0 Å². The Balaban J connectivity index is 1.60. The van der Waals surface area contributed by atoms with Crippen LogP contribution in [0.3, 0.4) is 0 Å². The van der Waals surface area contributed by atoms with Crippen LogP contribution in [0.15, 0.2) is 70.0 Å². The van der Waals surface area contributed by atoms with Gasteiger partial charge in [0.2, 0.25) is 5.91 Å². The summed E-state index contributed by atoms with van der Waals surface area (Å²) < 4.78 is 34.2. The summed E-state index contributed by atoms with van der Waals surface area (Å²) in [6, 6.07) is 17.7. The van der Waals surface area contributed by atoms with Gasteiger partial charge in [-0.3, -0.25) is 9.10 Å². The fraction of sp³-hybridized carbons (Fsp3) is 0.296. The maximum Gasteiger partial charge on any atom is 0.264 e. The van der Waals surface area contributed by atoms with Gasteiger partial charge in [0.25, 0.3) is 10.0 Å². The molecule has 0 radical (unpaired) electrons. The molecular formula is C27H29BrN2O4S. The quantitative estimate of drug-likeness (QED) is 0.407. The lowest BCUT2D eigenvalue weighted by Crippen LogP contribution is -2.41. The van der Waals surface area contributed by atoms with Crippen molar-refractivity contribution in [3.8, 4) is 5.75 Å². The summed E-state index contributed by atoms with van der Waals surface area (Å²) >= 11 is 3.36. The van der Waals surface area contributed by atoms with Crippen LogP contribution in [0.4, 0.5) is 5.69 Å². The molecule has 1 amide bonds. The van der Waals surface area contributed by atoms with Gasteiger partial charge in [0.1, 0.15) is 12.3 Å². The molecule has 4 rings (SSSR count). The molecule has 0 aliphatic heterocycles. The number of anilines is 1. The Morgan fingerprint density at radius 2 is 1.77 bits per heavy atom. The molecule has 35 heavy (non-hydrogen) atoms. The zero-order valence-electron chi connectivity index (χ0n) is 20.0. The van der Waals surface area contributed by atoms with E-state index in [1.807, 2.05) is 32.0 Å². The molecule has 1 aliphatic carbocycles. The number of nitrogens with one attached hydrogen (secondary N) is 1. The van der Waals surface area contributed by atoms with Crippen LogP contribution in [0.5, 0.6) is 5.75 Å². The summed E-state index contributed by atoms with van der Waals surface area (Å²) in [6.07, 6.45) is 3.31. The molecule has 0 fully saturated rings. The van der Waals surface area contributed by atoms with Gasteiger partial charge in [-0.1, -0.05) is 35.9 Å². The van der Waals surface area contributed by atoms with Crippen molar-refractivity contribution in [2.45, 2.75) is 44.0 Å². The van der Waals surface area contributed by atoms with E-state index in [0.717, 1.165) is 34.7 Å². The second kappa shape index (κ2) is 10.4. The number of amides is 1. The summed E-state index contributed by atoms with van der Waals surface area (Å²) in [4.78, 5) is 13.2. The van der Waals surface area contributed by atoms with Gasteiger partial charge in [-0.05, 0) is 96.1 Å². The largest absolute Gasteiger partial charge is 0.496 e. The number of aryl methyl sites for hydroxylation is 3. The van der Waals surface area contributed by atoms with Crippen LogP contribution in [0.2, 0.25) is 0 Å². The van der Waals surface area contributed by atoms with Gasteiger partial charge in [0.15, 0.2) is 0 Å². The Morgan fingerprint density at radius 3 is 2.46 bits per heavy atom. The number of sulfonamides is 1. The first kappa shape index (κ1) is 25.3. The smallest absolute Gasteiger partial charge is 0.264 e. The van der Waals surface area contributed by atoms with Crippen molar-refractivity contribution >= 4 is 37.5 Å². The summed E-state index contributed by atoms with van der Waals surface area (Å²) in [5.41, 5.74) is 5.13. The van der Waals surface area contributed by atoms with Gasteiger partial charge in [0.05, 0.1) is 28.2 Å². The Bertz CT molecular complexity index is 1340. The summed E-state index contributed by atoms with van der Waals surface area (Å²) in [7, 11) is -2.52. The minimum absolute atomic E-state index is 0.0604. The number of carbonyl (C=O) groups is 1. The molecule has 3 aromatic rings. The van der Waals surface area contributed by atoms with Gasteiger partial charge < -0.3 is 10.1 Å². The highest BCUT2D eigenvalue weighted by atomic mass is 79.9. The molecule has 0 spiro atoms. The molecule has 0 saturated carbocycles. The Hall–Kier alpha value is -2.84. The number of benzene rings is 3. The highest BCUT2D eigenvalue weighted by molar-refractivity contribution is 9.10. The van der Waals surface area contributed by atoms with Crippen LogP contribution < -0.4 is 14.4 Å². The number of methoxy groups -OCH3 is 1. The zero-order chi connectivity index (χ0) is 25.2. The van der Waals surface area contributed by atoms with Crippen molar-refractivity contribution in [3.05, 3.63) is 87.4 Å². The number of ether oxygens (including phenoxy) is 1. The summed E-state index contributed by atoms with van der Waals surface area (Å²) in [5.74, 6) is 0.140. The molecule has 0 aromatic heterocycles. The van der Waals surface area contributed by atoms with E-state index in [1.165, 1.54) is 30.4 Å². The highest BCUT2D eigenvalue weighted by Gasteiger charge is 2.28. The molecule has 3 aromatic carbocycles. The number of halogens is 1. The topological polar surface area (TPSA) is 75.7 Å². The van der Waals surface area contributed by atoms with Crippen LogP contribution >= 0.6 is 15.9 Å². The van der Waals surface area contributed by atoms with Crippen LogP contribution in [0, 0.1) is 6.92 Å². The predicted molar refractivity (Wildman–Crippen MR) is 141 cm³/mol. The third-order valence-corrected chi connectivity index (χ3v) is 8.71. The standard InChI is InChI=1S/C27H29BrN2O4S/c1-18-7-11-23(12-8-18)30(35(32,33)24-13-14-26(34-3)25(28)16-24)17-27(31)29-19(2)21-10-9-20-5-4-6-22(20)15-21/h7-16,19H,4-6,17H2,1-3H3,(H,29,31)/t19-/m0/s1. The predicted octanol–water partition coefficient (Wildman–Crippen LogP) is 5.33. The molecule has 8 heteroatoms. The first-order valence-electron chi connectivity index (χ1n) is 11.5. The number of carbonyl (C=O) groups excluding carboxylic acids is 1. The Labute approximate surface area is 215 Å². The molecule has 184 valence electrons. The van der Waals surface area contributed by atoms with E-state index >= 15 is 0 Å². The lowest BCUT2D eigenvalue weighted by molar-refractivity contribution is -0.120. The van der Waals surface area contributed by atoms with Crippen LogP contribution in [0.25, 0.3) is 0 Å². The minimum Gasteiger partial charge on any atom is -0.496 e. The maximum atomic E-state index is 13.7. The Kier molecular flexibility index (Phi) is 7.52.